The highest BCUT2D eigenvalue weighted by Crippen LogP contribution is 2.19. The van der Waals surface area contributed by atoms with Crippen LogP contribution in [0.25, 0.3) is 10.9 Å². The van der Waals surface area contributed by atoms with E-state index in [1.165, 1.54) is 5.56 Å². The number of aliphatic imine (C=N–C) groups is 1. The first kappa shape index (κ1) is 16.0. The van der Waals surface area contributed by atoms with Gasteiger partial charge in [0, 0.05) is 17.3 Å². The molecule has 122 valence electrons. The van der Waals surface area contributed by atoms with Gasteiger partial charge in [0.05, 0.1) is 12.1 Å². The fourth-order valence-corrected chi connectivity index (χ4v) is 2.63. The van der Waals surface area contributed by atoms with Crippen LogP contribution in [0.1, 0.15) is 30.9 Å². The van der Waals surface area contributed by atoms with Crippen molar-refractivity contribution in [2.75, 3.05) is 5.32 Å². The molecule has 2 aromatic carbocycles. The predicted octanol–water partition coefficient (Wildman–Crippen LogP) is 4.29. The van der Waals surface area contributed by atoms with Crippen LogP contribution in [-0.4, -0.2) is 10.9 Å². The minimum Gasteiger partial charge on any atom is -0.370 e. The van der Waals surface area contributed by atoms with Crippen molar-refractivity contribution in [3.8, 4) is 0 Å². The van der Waals surface area contributed by atoms with Crippen molar-refractivity contribution < 1.29 is 0 Å². The molecule has 3 aromatic rings. The van der Waals surface area contributed by atoms with Gasteiger partial charge in [0.1, 0.15) is 0 Å². The lowest BCUT2D eigenvalue weighted by atomic mass is 10.0. The van der Waals surface area contributed by atoms with E-state index >= 15 is 0 Å². The molecular formula is C20H22N4. The molecule has 0 atom stereocenters. The highest BCUT2D eigenvalue weighted by atomic mass is 15.1. The first-order valence-corrected chi connectivity index (χ1v) is 8.13. The van der Waals surface area contributed by atoms with Crippen LogP contribution >= 0.6 is 0 Å². The molecular weight excluding hydrogens is 296 g/mol. The molecule has 0 aliphatic heterocycles. The van der Waals surface area contributed by atoms with E-state index in [1.54, 1.807) is 6.20 Å². The molecule has 0 unspecified atom stereocenters. The van der Waals surface area contributed by atoms with Gasteiger partial charge in [0.25, 0.3) is 0 Å². The van der Waals surface area contributed by atoms with Crippen LogP contribution < -0.4 is 11.1 Å². The molecule has 0 aliphatic rings. The van der Waals surface area contributed by atoms with Crippen molar-refractivity contribution in [1.29, 1.82) is 0 Å². The zero-order chi connectivity index (χ0) is 16.9. The lowest BCUT2D eigenvalue weighted by molar-refractivity contribution is 0.867. The molecule has 3 rings (SSSR count). The smallest absolute Gasteiger partial charge is 0.193 e. The van der Waals surface area contributed by atoms with E-state index < -0.39 is 0 Å². The fraction of sp³-hybridized carbons (Fsp3) is 0.200. The molecule has 0 fully saturated rings. The molecule has 0 spiro atoms. The molecule has 0 saturated heterocycles. The Morgan fingerprint density at radius 2 is 1.92 bits per heavy atom. The van der Waals surface area contributed by atoms with Crippen LogP contribution in [0.2, 0.25) is 0 Å². The van der Waals surface area contributed by atoms with E-state index in [2.05, 4.69) is 53.4 Å². The topological polar surface area (TPSA) is 63.3 Å². The van der Waals surface area contributed by atoms with Crippen molar-refractivity contribution in [1.82, 2.24) is 4.98 Å². The summed E-state index contributed by atoms with van der Waals surface area (Å²) in [5.74, 6) is 0.885. The number of nitrogens with one attached hydrogen (secondary N) is 1. The van der Waals surface area contributed by atoms with Crippen LogP contribution in [0.4, 0.5) is 5.69 Å². The third-order valence-electron chi connectivity index (χ3n) is 3.96. The van der Waals surface area contributed by atoms with Gasteiger partial charge in [-0.1, -0.05) is 50.2 Å². The number of benzene rings is 2. The van der Waals surface area contributed by atoms with Gasteiger partial charge in [0.2, 0.25) is 0 Å². The van der Waals surface area contributed by atoms with E-state index in [-0.39, 0.29) is 0 Å². The van der Waals surface area contributed by atoms with Crippen LogP contribution in [0, 0.1) is 0 Å². The Morgan fingerprint density at radius 1 is 1.12 bits per heavy atom. The number of nitrogens with two attached hydrogens (primary N) is 1. The molecule has 0 saturated carbocycles. The summed E-state index contributed by atoms with van der Waals surface area (Å²) in [5.41, 5.74) is 10.3. The zero-order valence-corrected chi connectivity index (χ0v) is 14.0. The highest BCUT2D eigenvalue weighted by Gasteiger charge is 2.03. The Kier molecular flexibility index (Phi) is 4.75. The van der Waals surface area contributed by atoms with Crippen LogP contribution in [0.5, 0.6) is 0 Å². The standard InChI is InChI=1S/C20H22N4/c1-14(2)16-7-4-10-18(12-16)24-20(21)23-13-17-8-3-6-15-9-5-11-22-19(15)17/h3-12,14H,13H2,1-2H3,(H3,21,23,24). The third-order valence-corrected chi connectivity index (χ3v) is 3.96. The largest absolute Gasteiger partial charge is 0.370 e. The number of aromatic nitrogens is 1. The van der Waals surface area contributed by atoms with Crippen molar-refractivity contribution in [3.63, 3.8) is 0 Å². The Labute approximate surface area is 142 Å². The van der Waals surface area contributed by atoms with Crippen LogP contribution in [0.3, 0.4) is 0 Å². The van der Waals surface area contributed by atoms with Gasteiger partial charge in [-0.15, -0.1) is 0 Å². The molecule has 1 heterocycles. The van der Waals surface area contributed by atoms with Crippen molar-refractivity contribution in [2.45, 2.75) is 26.3 Å². The second-order valence-electron chi connectivity index (χ2n) is 6.10. The number of nitrogens with zero attached hydrogens (tertiary/aromatic N) is 2. The van der Waals surface area contributed by atoms with Gasteiger partial charge >= 0.3 is 0 Å². The average Bonchev–Trinajstić information content (AvgIpc) is 2.60. The molecule has 4 heteroatoms. The SMILES string of the molecule is CC(C)c1cccc(NC(N)=NCc2cccc3cccnc23)c1. The lowest BCUT2D eigenvalue weighted by Crippen LogP contribution is -2.22. The van der Waals surface area contributed by atoms with E-state index in [0.717, 1.165) is 22.2 Å². The number of anilines is 1. The summed E-state index contributed by atoms with van der Waals surface area (Å²) in [5, 5.41) is 4.28. The normalized spacial score (nSPS) is 11.9. The minimum atomic E-state index is 0.406. The summed E-state index contributed by atoms with van der Waals surface area (Å²) in [7, 11) is 0. The third kappa shape index (κ3) is 3.71. The van der Waals surface area contributed by atoms with Crippen molar-refractivity contribution in [2.24, 2.45) is 10.7 Å². The number of rotatable bonds is 4. The molecule has 24 heavy (non-hydrogen) atoms. The minimum absolute atomic E-state index is 0.406. The average molecular weight is 318 g/mol. The molecule has 0 amide bonds. The zero-order valence-electron chi connectivity index (χ0n) is 14.0. The summed E-state index contributed by atoms with van der Waals surface area (Å²) in [4.78, 5) is 8.90. The maximum absolute atomic E-state index is 6.04. The van der Waals surface area contributed by atoms with E-state index in [4.69, 9.17) is 5.73 Å². The van der Waals surface area contributed by atoms with Gasteiger partial charge < -0.3 is 11.1 Å². The number of fused-ring (bicyclic) bond motifs is 1. The Bertz CT molecular complexity index is 863. The molecule has 0 bridgehead atoms. The van der Waals surface area contributed by atoms with Crippen LogP contribution in [0.15, 0.2) is 65.8 Å². The van der Waals surface area contributed by atoms with Crippen molar-refractivity contribution in [3.05, 3.63) is 71.9 Å². The first-order chi connectivity index (χ1) is 11.6. The number of hydrogen-bond acceptors (Lipinski definition) is 2. The number of hydrogen-bond donors (Lipinski definition) is 2. The number of pyridine rings is 1. The maximum Gasteiger partial charge on any atom is 0.193 e. The fourth-order valence-electron chi connectivity index (χ4n) is 2.63. The Balaban J connectivity index is 1.75. The summed E-state index contributed by atoms with van der Waals surface area (Å²) < 4.78 is 0. The predicted molar refractivity (Wildman–Crippen MR) is 101 cm³/mol. The molecule has 0 radical (unpaired) electrons. The number of guanidine groups is 1. The summed E-state index contributed by atoms with van der Waals surface area (Å²) in [6.07, 6.45) is 1.80. The van der Waals surface area contributed by atoms with Gasteiger partial charge in [-0.05, 0) is 35.2 Å². The van der Waals surface area contributed by atoms with E-state index in [0.29, 0.717) is 18.4 Å². The summed E-state index contributed by atoms with van der Waals surface area (Å²) in [6.45, 7) is 4.84. The quantitative estimate of drug-likeness (QED) is 0.557. The van der Waals surface area contributed by atoms with Crippen LogP contribution in [-0.2, 0) is 6.54 Å². The maximum atomic E-state index is 6.04. The van der Waals surface area contributed by atoms with Gasteiger partial charge in [-0.2, -0.15) is 0 Å². The van der Waals surface area contributed by atoms with Gasteiger partial charge in [-0.25, -0.2) is 4.99 Å². The van der Waals surface area contributed by atoms with E-state index in [9.17, 15) is 0 Å². The molecule has 3 N–H and O–H groups in total. The van der Waals surface area contributed by atoms with Crippen molar-refractivity contribution >= 4 is 22.5 Å². The number of para-hydroxylation sites is 1. The lowest BCUT2D eigenvalue weighted by Gasteiger charge is -2.10. The summed E-state index contributed by atoms with van der Waals surface area (Å²) in [6, 6.07) is 18.3. The summed E-state index contributed by atoms with van der Waals surface area (Å²) >= 11 is 0. The first-order valence-electron chi connectivity index (χ1n) is 8.13. The molecule has 4 nitrogen and oxygen atoms in total. The Morgan fingerprint density at radius 3 is 2.75 bits per heavy atom. The molecule has 1 aromatic heterocycles. The van der Waals surface area contributed by atoms with Gasteiger partial charge in [0.15, 0.2) is 5.96 Å². The second-order valence-corrected chi connectivity index (χ2v) is 6.10. The van der Waals surface area contributed by atoms with E-state index in [1.807, 2.05) is 30.3 Å². The van der Waals surface area contributed by atoms with Gasteiger partial charge in [-0.3, -0.25) is 4.98 Å². The monoisotopic (exact) mass is 318 g/mol. The highest BCUT2D eigenvalue weighted by molar-refractivity contribution is 5.92. The molecule has 0 aliphatic carbocycles. The Hall–Kier alpha value is -2.88. The second kappa shape index (κ2) is 7.13.